The molecule has 1 aromatic heterocycles. The van der Waals surface area contributed by atoms with Crippen LogP contribution < -0.4 is 4.74 Å². The summed E-state index contributed by atoms with van der Waals surface area (Å²) in [5.41, 5.74) is 0.637. The molecule has 0 aliphatic heterocycles. The van der Waals surface area contributed by atoms with Gasteiger partial charge < -0.3 is 9.84 Å². The number of aromatic nitrogens is 1. The van der Waals surface area contributed by atoms with Crippen molar-refractivity contribution in [2.45, 2.75) is 33.0 Å². The summed E-state index contributed by atoms with van der Waals surface area (Å²) in [5.74, 6) is 0.751. The van der Waals surface area contributed by atoms with Crippen LogP contribution in [-0.4, -0.2) is 16.2 Å². The van der Waals surface area contributed by atoms with Crippen LogP contribution in [0.1, 0.15) is 32.6 Å². The van der Waals surface area contributed by atoms with Crippen LogP contribution in [0, 0.1) is 0 Å². The van der Waals surface area contributed by atoms with Crippen LogP contribution >= 0.6 is 0 Å². The van der Waals surface area contributed by atoms with Gasteiger partial charge >= 0.3 is 0 Å². The van der Waals surface area contributed by atoms with Gasteiger partial charge in [-0.1, -0.05) is 0 Å². The lowest BCUT2D eigenvalue weighted by Crippen LogP contribution is -2.06. The smallest absolute Gasteiger partial charge is 0.123 e. The summed E-state index contributed by atoms with van der Waals surface area (Å²) in [6.07, 6.45) is 1.24. The van der Waals surface area contributed by atoms with Crippen LogP contribution in [0.5, 0.6) is 5.75 Å². The van der Waals surface area contributed by atoms with Gasteiger partial charge in [0.15, 0.2) is 0 Å². The number of nitrogens with zero attached hydrogens (tertiary/aromatic N) is 1. The summed E-state index contributed by atoms with van der Waals surface area (Å²) in [4.78, 5) is 4.02. The van der Waals surface area contributed by atoms with Gasteiger partial charge in [0.05, 0.1) is 17.9 Å². The lowest BCUT2D eigenvalue weighted by molar-refractivity contribution is 0.192. The molecule has 0 fully saturated rings. The summed E-state index contributed by atoms with van der Waals surface area (Å²) < 4.78 is 5.45. The second-order valence-corrected chi connectivity index (χ2v) is 3.26. The third kappa shape index (κ3) is 3.03. The number of rotatable bonds is 3. The minimum absolute atomic E-state index is 0.143. The standard InChI is InChI=1S/C10H15NO2/c1-7(2)13-9-4-5-11-10(6-9)8(3)12/h4-8,12H,1-3H3. The van der Waals surface area contributed by atoms with Crippen molar-refractivity contribution in [2.75, 3.05) is 0 Å². The predicted molar refractivity (Wildman–Crippen MR) is 50.6 cm³/mol. The Morgan fingerprint density at radius 3 is 2.62 bits per heavy atom. The highest BCUT2D eigenvalue weighted by Gasteiger charge is 2.04. The largest absolute Gasteiger partial charge is 0.491 e. The number of pyridine rings is 1. The van der Waals surface area contributed by atoms with Crippen LogP contribution in [-0.2, 0) is 0 Å². The first-order valence-electron chi connectivity index (χ1n) is 4.40. The Balaban J connectivity index is 2.79. The Bertz CT molecular complexity index is 271. The molecule has 0 aromatic carbocycles. The van der Waals surface area contributed by atoms with Crippen LogP contribution in [0.4, 0.5) is 0 Å². The maximum Gasteiger partial charge on any atom is 0.123 e. The third-order valence-corrected chi connectivity index (χ3v) is 1.55. The summed E-state index contributed by atoms with van der Waals surface area (Å²) >= 11 is 0. The van der Waals surface area contributed by atoms with Gasteiger partial charge in [-0.3, -0.25) is 4.98 Å². The van der Waals surface area contributed by atoms with E-state index in [1.165, 1.54) is 0 Å². The lowest BCUT2D eigenvalue weighted by atomic mass is 10.2. The molecule has 0 amide bonds. The first kappa shape index (κ1) is 9.99. The van der Waals surface area contributed by atoms with E-state index < -0.39 is 6.10 Å². The van der Waals surface area contributed by atoms with E-state index in [1.807, 2.05) is 13.8 Å². The molecule has 1 N–H and O–H groups in total. The number of hydrogen-bond acceptors (Lipinski definition) is 3. The summed E-state index contributed by atoms with van der Waals surface area (Å²) in [7, 11) is 0. The molecule has 0 bridgehead atoms. The van der Waals surface area contributed by atoms with E-state index in [9.17, 15) is 5.11 Å². The Kier molecular flexibility index (Phi) is 3.25. The highest BCUT2D eigenvalue weighted by molar-refractivity contribution is 5.23. The molecule has 0 radical (unpaired) electrons. The van der Waals surface area contributed by atoms with Gasteiger partial charge in [-0.15, -0.1) is 0 Å². The molecule has 0 saturated heterocycles. The number of aliphatic hydroxyl groups excluding tert-OH is 1. The lowest BCUT2D eigenvalue weighted by Gasteiger charge is -2.11. The SMILES string of the molecule is CC(C)Oc1ccnc(C(C)O)c1. The normalized spacial score (nSPS) is 13.0. The fourth-order valence-electron chi connectivity index (χ4n) is 1.00. The van der Waals surface area contributed by atoms with Gasteiger partial charge in [-0.2, -0.15) is 0 Å². The second-order valence-electron chi connectivity index (χ2n) is 3.26. The molecule has 0 aliphatic rings. The fraction of sp³-hybridized carbons (Fsp3) is 0.500. The van der Waals surface area contributed by atoms with E-state index in [0.29, 0.717) is 5.69 Å². The first-order valence-corrected chi connectivity index (χ1v) is 4.40. The van der Waals surface area contributed by atoms with E-state index in [1.54, 1.807) is 25.3 Å². The van der Waals surface area contributed by atoms with Gasteiger partial charge in [-0.05, 0) is 26.8 Å². The zero-order valence-electron chi connectivity index (χ0n) is 8.19. The van der Waals surface area contributed by atoms with Crippen molar-refractivity contribution in [3.05, 3.63) is 24.0 Å². The van der Waals surface area contributed by atoms with Crippen LogP contribution in [0.2, 0.25) is 0 Å². The minimum atomic E-state index is -0.546. The van der Waals surface area contributed by atoms with Crippen molar-refractivity contribution in [2.24, 2.45) is 0 Å². The van der Waals surface area contributed by atoms with Crippen LogP contribution in [0.25, 0.3) is 0 Å². The van der Waals surface area contributed by atoms with Gasteiger partial charge in [0, 0.05) is 12.3 Å². The Labute approximate surface area is 78.4 Å². The molecule has 1 atom stereocenters. The monoisotopic (exact) mass is 181 g/mol. The molecular weight excluding hydrogens is 166 g/mol. The zero-order chi connectivity index (χ0) is 9.84. The first-order chi connectivity index (χ1) is 6.09. The van der Waals surface area contributed by atoms with Crippen molar-refractivity contribution in [1.29, 1.82) is 0 Å². The number of ether oxygens (including phenoxy) is 1. The third-order valence-electron chi connectivity index (χ3n) is 1.55. The summed E-state index contributed by atoms with van der Waals surface area (Å²) in [6, 6.07) is 3.54. The van der Waals surface area contributed by atoms with Gasteiger partial charge in [-0.25, -0.2) is 0 Å². The van der Waals surface area contributed by atoms with E-state index in [0.717, 1.165) is 5.75 Å². The minimum Gasteiger partial charge on any atom is -0.491 e. The maximum absolute atomic E-state index is 9.26. The van der Waals surface area contributed by atoms with Gasteiger partial charge in [0.1, 0.15) is 5.75 Å². The van der Waals surface area contributed by atoms with Crippen molar-refractivity contribution >= 4 is 0 Å². The van der Waals surface area contributed by atoms with E-state index in [-0.39, 0.29) is 6.10 Å². The predicted octanol–water partition coefficient (Wildman–Crippen LogP) is 1.92. The van der Waals surface area contributed by atoms with E-state index in [2.05, 4.69) is 4.98 Å². The molecule has 0 saturated carbocycles. The van der Waals surface area contributed by atoms with Crippen molar-refractivity contribution in [3.63, 3.8) is 0 Å². The van der Waals surface area contributed by atoms with E-state index >= 15 is 0 Å². The summed E-state index contributed by atoms with van der Waals surface area (Å²) in [5, 5.41) is 9.26. The Morgan fingerprint density at radius 1 is 1.38 bits per heavy atom. The summed E-state index contributed by atoms with van der Waals surface area (Å²) in [6.45, 7) is 5.60. The molecule has 1 aromatic rings. The van der Waals surface area contributed by atoms with Gasteiger partial charge in [0.25, 0.3) is 0 Å². The second kappa shape index (κ2) is 4.23. The Morgan fingerprint density at radius 2 is 2.08 bits per heavy atom. The molecule has 1 heterocycles. The van der Waals surface area contributed by atoms with E-state index in [4.69, 9.17) is 4.74 Å². The van der Waals surface area contributed by atoms with Crippen molar-refractivity contribution in [3.8, 4) is 5.75 Å². The fourth-order valence-corrected chi connectivity index (χ4v) is 1.00. The molecule has 1 unspecified atom stereocenters. The van der Waals surface area contributed by atoms with Gasteiger partial charge in [0.2, 0.25) is 0 Å². The maximum atomic E-state index is 9.26. The average Bonchev–Trinajstić information content (AvgIpc) is 2.03. The molecule has 1 rings (SSSR count). The molecule has 3 heteroatoms. The molecule has 0 aliphatic carbocycles. The number of aliphatic hydroxyl groups is 1. The molecular formula is C10H15NO2. The van der Waals surface area contributed by atoms with Crippen LogP contribution in [0.15, 0.2) is 18.3 Å². The van der Waals surface area contributed by atoms with Crippen molar-refractivity contribution in [1.82, 2.24) is 4.98 Å². The average molecular weight is 181 g/mol. The molecule has 0 spiro atoms. The highest BCUT2D eigenvalue weighted by atomic mass is 16.5. The molecule has 13 heavy (non-hydrogen) atoms. The topological polar surface area (TPSA) is 42.4 Å². The highest BCUT2D eigenvalue weighted by Crippen LogP contribution is 2.16. The number of hydrogen-bond donors (Lipinski definition) is 1. The quantitative estimate of drug-likeness (QED) is 0.774. The van der Waals surface area contributed by atoms with Crippen molar-refractivity contribution < 1.29 is 9.84 Å². The van der Waals surface area contributed by atoms with Crippen LogP contribution in [0.3, 0.4) is 0 Å². The molecule has 3 nitrogen and oxygen atoms in total. The Hall–Kier alpha value is -1.09. The molecule has 72 valence electrons. The zero-order valence-corrected chi connectivity index (χ0v) is 8.19.